The summed E-state index contributed by atoms with van der Waals surface area (Å²) in [5, 5.41) is 4.77. The number of carbonyl (C=O) groups is 1. The molecule has 1 aromatic heterocycles. The van der Waals surface area contributed by atoms with E-state index in [1.807, 2.05) is 30.5 Å². The molecule has 0 saturated heterocycles. The number of hydrogen-bond donors (Lipinski definition) is 1. The molecule has 2 rings (SSSR count). The lowest BCUT2D eigenvalue weighted by Crippen LogP contribution is -2.11. The molecule has 0 aliphatic heterocycles. The van der Waals surface area contributed by atoms with Gasteiger partial charge < -0.3 is 10.1 Å². The number of hydrogen-bond acceptors (Lipinski definition) is 3. The second-order valence-electron chi connectivity index (χ2n) is 3.69. The normalized spacial score (nSPS) is 10.2. The largest absolute Gasteiger partial charge is 0.496 e. The van der Waals surface area contributed by atoms with Crippen molar-refractivity contribution >= 4 is 38.9 Å². The predicted molar refractivity (Wildman–Crippen MR) is 77.7 cm³/mol. The smallest absolute Gasteiger partial charge is 0.265 e. The van der Waals surface area contributed by atoms with Crippen LogP contribution >= 0.6 is 27.3 Å². The van der Waals surface area contributed by atoms with Crippen molar-refractivity contribution < 1.29 is 9.53 Å². The first kappa shape index (κ1) is 13.1. The van der Waals surface area contributed by atoms with Crippen molar-refractivity contribution in [2.45, 2.75) is 6.92 Å². The van der Waals surface area contributed by atoms with Crippen LogP contribution in [0.15, 0.2) is 34.1 Å². The zero-order chi connectivity index (χ0) is 13.1. The van der Waals surface area contributed by atoms with Crippen molar-refractivity contribution in [3.05, 3.63) is 44.6 Å². The number of nitrogens with one attached hydrogen (secondary N) is 1. The van der Waals surface area contributed by atoms with E-state index < -0.39 is 0 Å². The van der Waals surface area contributed by atoms with E-state index in [1.54, 1.807) is 13.2 Å². The van der Waals surface area contributed by atoms with Gasteiger partial charge in [0.15, 0.2) is 0 Å². The fourth-order valence-electron chi connectivity index (χ4n) is 1.54. The molecule has 0 aliphatic rings. The third-order valence-electron chi connectivity index (χ3n) is 2.56. The molecule has 5 heteroatoms. The molecule has 1 N–H and O–H groups in total. The Morgan fingerprint density at radius 3 is 2.78 bits per heavy atom. The molecule has 0 aliphatic carbocycles. The summed E-state index contributed by atoms with van der Waals surface area (Å²) in [4.78, 5) is 12.6. The molecule has 0 saturated carbocycles. The summed E-state index contributed by atoms with van der Waals surface area (Å²) in [5.41, 5.74) is 1.72. The number of carbonyl (C=O) groups excluding carboxylic acids is 1. The maximum Gasteiger partial charge on any atom is 0.265 e. The maximum absolute atomic E-state index is 11.9. The molecule has 0 spiro atoms. The molecule has 94 valence electrons. The summed E-state index contributed by atoms with van der Waals surface area (Å²) in [6, 6.07) is 7.32. The van der Waals surface area contributed by atoms with Gasteiger partial charge in [-0.3, -0.25) is 4.79 Å². The zero-order valence-electron chi connectivity index (χ0n) is 9.99. The first-order chi connectivity index (χ1) is 8.63. The third-order valence-corrected chi connectivity index (χ3v) is 4.42. The van der Waals surface area contributed by atoms with Crippen LogP contribution in [-0.2, 0) is 0 Å². The Morgan fingerprint density at radius 2 is 2.17 bits per heavy atom. The van der Waals surface area contributed by atoms with Gasteiger partial charge in [0, 0.05) is 5.69 Å². The molecule has 1 heterocycles. The Balaban J connectivity index is 2.25. The SMILES string of the molecule is COc1ccc(NC(=O)c2cccs2)c(C)c1Br. The van der Waals surface area contributed by atoms with Crippen molar-refractivity contribution in [2.75, 3.05) is 12.4 Å². The van der Waals surface area contributed by atoms with Gasteiger partial charge in [0.1, 0.15) is 5.75 Å². The summed E-state index contributed by atoms with van der Waals surface area (Å²) in [5.74, 6) is 0.659. The number of thiophene rings is 1. The number of amides is 1. The average Bonchev–Trinajstić information content (AvgIpc) is 2.89. The van der Waals surface area contributed by atoms with Crippen molar-refractivity contribution in [1.29, 1.82) is 0 Å². The fourth-order valence-corrected chi connectivity index (χ4v) is 2.67. The Morgan fingerprint density at radius 1 is 1.39 bits per heavy atom. The summed E-state index contributed by atoms with van der Waals surface area (Å²) in [7, 11) is 1.61. The Bertz CT molecular complexity index is 567. The van der Waals surface area contributed by atoms with Gasteiger partial charge in [-0.2, -0.15) is 0 Å². The first-order valence-electron chi connectivity index (χ1n) is 5.31. The highest BCUT2D eigenvalue weighted by atomic mass is 79.9. The minimum atomic E-state index is -0.0924. The highest BCUT2D eigenvalue weighted by Crippen LogP contribution is 2.33. The van der Waals surface area contributed by atoms with Crippen molar-refractivity contribution in [1.82, 2.24) is 0 Å². The van der Waals surface area contributed by atoms with E-state index in [0.29, 0.717) is 4.88 Å². The van der Waals surface area contributed by atoms with Crippen LogP contribution in [0.25, 0.3) is 0 Å². The van der Waals surface area contributed by atoms with Gasteiger partial charge in [0.05, 0.1) is 16.5 Å². The molecule has 1 aromatic carbocycles. The maximum atomic E-state index is 11.9. The minimum absolute atomic E-state index is 0.0924. The van der Waals surface area contributed by atoms with E-state index in [4.69, 9.17) is 4.74 Å². The predicted octanol–water partition coefficient (Wildman–Crippen LogP) is 4.08. The monoisotopic (exact) mass is 325 g/mol. The Labute approximate surface area is 118 Å². The number of methoxy groups -OCH3 is 1. The number of rotatable bonds is 3. The van der Waals surface area contributed by atoms with E-state index >= 15 is 0 Å². The summed E-state index contributed by atoms with van der Waals surface area (Å²) in [6.45, 7) is 1.93. The number of halogens is 1. The minimum Gasteiger partial charge on any atom is -0.496 e. The second kappa shape index (κ2) is 5.54. The molecule has 0 unspecified atom stereocenters. The Hall–Kier alpha value is -1.33. The topological polar surface area (TPSA) is 38.3 Å². The summed E-state index contributed by atoms with van der Waals surface area (Å²) >= 11 is 4.88. The van der Waals surface area contributed by atoms with Crippen molar-refractivity contribution in [2.24, 2.45) is 0 Å². The van der Waals surface area contributed by atoms with Crippen LogP contribution in [0.2, 0.25) is 0 Å². The Kier molecular flexibility index (Phi) is 4.04. The lowest BCUT2D eigenvalue weighted by Gasteiger charge is -2.12. The molecule has 0 bridgehead atoms. The molecule has 2 aromatic rings. The summed E-state index contributed by atoms with van der Waals surface area (Å²) in [6.07, 6.45) is 0. The van der Waals surface area contributed by atoms with Gasteiger partial charge in [0.2, 0.25) is 0 Å². The number of ether oxygens (including phenoxy) is 1. The van der Waals surface area contributed by atoms with Gasteiger partial charge in [0.25, 0.3) is 5.91 Å². The van der Waals surface area contributed by atoms with Crippen LogP contribution in [0.5, 0.6) is 5.75 Å². The van der Waals surface area contributed by atoms with Gasteiger partial charge in [-0.05, 0) is 52.0 Å². The molecule has 1 amide bonds. The van der Waals surface area contributed by atoms with Gasteiger partial charge >= 0.3 is 0 Å². The van der Waals surface area contributed by atoms with Crippen LogP contribution in [0.3, 0.4) is 0 Å². The van der Waals surface area contributed by atoms with E-state index in [-0.39, 0.29) is 5.91 Å². The fraction of sp³-hybridized carbons (Fsp3) is 0.154. The average molecular weight is 326 g/mol. The molecular formula is C13H12BrNO2S. The second-order valence-corrected chi connectivity index (χ2v) is 5.43. The van der Waals surface area contributed by atoms with Crippen molar-refractivity contribution in [3.63, 3.8) is 0 Å². The van der Waals surface area contributed by atoms with Crippen LogP contribution in [0.1, 0.15) is 15.2 Å². The van der Waals surface area contributed by atoms with E-state index in [9.17, 15) is 4.79 Å². The van der Waals surface area contributed by atoms with Gasteiger partial charge in [-0.15, -0.1) is 11.3 Å². The molecule has 0 fully saturated rings. The zero-order valence-corrected chi connectivity index (χ0v) is 12.4. The van der Waals surface area contributed by atoms with Gasteiger partial charge in [-0.1, -0.05) is 6.07 Å². The third kappa shape index (κ3) is 2.57. The molecular weight excluding hydrogens is 314 g/mol. The van der Waals surface area contributed by atoms with Gasteiger partial charge in [-0.25, -0.2) is 0 Å². The van der Waals surface area contributed by atoms with E-state index in [2.05, 4.69) is 21.2 Å². The molecule has 0 atom stereocenters. The van der Waals surface area contributed by atoms with Crippen LogP contribution in [0, 0.1) is 6.92 Å². The lowest BCUT2D eigenvalue weighted by molar-refractivity contribution is 0.103. The highest BCUT2D eigenvalue weighted by Gasteiger charge is 2.12. The van der Waals surface area contributed by atoms with Crippen molar-refractivity contribution in [3.8, 4) is 5.75 Å². The lowest BCUT2D eigenvalue weighted by atomic mass is 10.2. The number of benzene rings is 1. The quantitative estimate of drug-likeness (QED) is 0.923. The molecule has 3 nitrogen and oxygen atoms in total. The molecule has 0 radical (unpaired) electrons. The number of anilines is 1. The summed E-state index contributed by atoms with van der Waals surface area (Å²) < 4.78 is 6.06. The van der Waals surface area contributed by atoms with E-state index in [0.717, 1.165) is 21.5 Å². The standard InChI is InChI=1S/C13H12BrNO2S/c1-8-9(5-6-10(17-2)12(8)14)15-13(16)11-4-3-7-18-11/h3-7H,1-2H3,(H,15,16). The van der Waals surface area contributed by atoms with Crippen LogP contribution in [-0.4, -0.2) is 13.0 Å². The first-order valence-corrected chi connectivity index (χ1v) is 6.98. The highest BCUT2D eigenvalue weighted by molar-refractivity contribution is 9.10. The molecule has 18 heavy (non-hydrogen) atoms. The van der Waals surface area contributed by atoms with Crippen LogP contribution in [0.4, 0.5) is 5.69 Å². The van der Waals surface area contributed by atoms with E-state index in [1.165, 1.54) is 11.3 Å². The van der Waals surface area contributed by atoms with Crippen LogP contribution < -0.4 is 10.1 Å².